The molecule has 0 aliphatic heterocycles. The number of rotatable bonds is 50. The Kier molecular flexibility index (Phi) is 52.4. The molecule has 0 aliphatic carbocycles. The summed E-state index contributed by atoms with van der Waals surface area (Å²) in [4.78, 5) is 38.1. The molecule has 0 unspecified atom stereocenters. The first-order valence-electron chi connectivity index (χ1n) is 28.1. The van der Waals surface area contributed by atoms with Crippen molar-refractivity contribution in [2.24, 2.45) is 0 Å². The first kappa shape index (κ1) is 63.6. The van der Waals surface area contributed by atoms with Gasteiger partial charge in [0.05, 0.1) is 0 Å². The van der Waals surface area contributed by atoms with Crippen molar-refractivity contribution in [1.82, 2.24) is 0 Å². The van der Waals surface area contributed by atoms with Crippen LogP contribution in [0.1, 0.15) is 265 Å². The van der Waals surface area contributed by atoms with Gasteiger partial charge in [-0.3, -0.25) is 14.4 Å². The van der Waals surface area contributed by atoms with Gasteiger partial charge in [0.25, 0.3) is 0 Å². The second-order valence-corrected chi connectivity index (χ2v) is 18.5. The normalized spacial score (nSPS) is 12.7. The van der Waals surface area contributed by atoms with Gasteiger partial charge in [-0.25, -0.2) is 0 Å². The molecule has 6 heteroatoms. The number of hydrogen-bond donors (Lipinski definition) is 0. The minimum absolute atomic E-state index is 0.0909. The Hall–Kier alpha value is -3.41. The monoisotopic (exact) mass is 933 g/mol. The molecule has 1 atom stereocenters. The smallest absolute Gasteiger partial charge is 0.306 e. The summed E-state index contributed by atoms with van der Waals surface area (Å²) in [5.74, 6) is -0.926. The van der Waals surface area contributed by atoms with E-state index < -0.39 is 6.10 Å². The highest BCUT2D eigenvalue weighted by Gasteiger charge is 2.19. The van der Waals surface area contributed by atoms with Crippen LogP contribution in [0.3, 0.4) is 0 Å². The molecule has 0 aromatic carbocycles. The minimum Gasteiger partial charge on any atom is -0.462 e. The van der Waals surface area contributed by atoms with Crippen LogP contribution in [-0.2, 0) is 28.6 Å². The van der Waals surface area contributed by atoms with Gasteiger partial charge in [0.15, 0.2) is 6.10 Å². The molecule has 0 aromatic rings. The summed E-state index contributed by atoms with van der Waals surface area (Å²) in [6.07, 6.45) is 71.3. The molecule has 0 aliphatic rings. The first-order chi connectivity index (χ1) is 33.0. The molecule has 6 nitrogen and oxygen atoms in total. The number of hydrogen-bond acceptors (Lipinski definition) is 6. The summed E-state index contributed by atoms with van der Waals surface area (Å²) in [5.41, 5.74) is 0. The van der Waals surface area contributed by atoms with Gasteiger partial charge in [0, 0.05) is 19.3 Å². The standard InChI is InChI=1S/C61H104O6/c1-4-7-10-13-16-19-22-25-27-29-30-32-34-37-40-43-46-49-52-55-61(64)67-58(56-65-59(62)53-50-47-44-41-38-35-24-21-18-15-12-9-6-3)57-66-60(63)54-51-48-45-42-39-36-33-31-28-26-23-20-17-14-11-8-5-2/h7,10,16-17,19-20,25-28,30,32,37,40,58H,4-6,8-9,11-15,18,21-24,29,31,33-36,38-39,41-57H2,1-3H3/b10-7-,19-16-,20-17-,27-25-,28-26-,32-30-,40-37-/t58-/m0/s1. The molecule has 0 fully saturated rings. The van der Waals surface area contributed by atoms with E-state index in [0.717, 1.165) is 109 Å². The van der Waals surface area contributed by atoms with E-state index >= 15 is 0 Å². The van der Waals surface area contributed by atoms with E-state index in [9.17, 15) is 14.4 Å². The first-order valence-corrected chi connectivity index (χ1v) is 28.1. The van der Waals surface area contributed by atoms with Gasteiger partial charge in [0.2, 0.25) is 0 Å². The molecular formula is C61H104O6. The van der Waals surface area contributed by atoms with Gasteiger partial charge in [-0.2, -0.15) is 0 Å². The molecule has 0 rings (SSSR count). The Labute approximate surface area is 414 Å². The molecule has 67 heavy (non-hydrogen) atoms. The third-order valence-corrected chi connectivity index (χ3v) is 11.9. The third-order valence-electron chi connectivity index (χ3n) is 11.9. The van der Waals surface area contributed by atoms with E-state index in [1.807, 2.05) is 0 Å². The van der Waals surface area contributed by atoms with Gasteiger partial charge in [-0.1, -0.05) is 234 Å². The second-order valence-electron chi connectivity index (χ2n) is 18.5. The topological polar surface area (TPSA) is 78.9 Å². The number of esters is 3. The highest BCUT2D eigenvalue weighted by Crippen LogP contribution is 2.15. The molecule has 0 spiro atoms. The van der Waals surface area contributed by atoms with Crippen LogP contribution in [0, 0.1) is 0 Å². The largest absolute Gasteiger partial charge is 0.462 e. The quantitative estimate of drug-likeness (QED) is 0.0262. The van der Waals surface area contributed by atoms with E-state index in [4.69, 9.17) is 14.2 Å². The van der Waals surface area contributed by atoms with Crippen LogP contribution >= 0.6 is 0 Å². The molecule has 0 saturated carbocycles. The molecule has 0 saturated heterocycles. The molecular weight excluding hydrogens is 829 g/mol. The lowest BCUT2D eigenvalue weighted by Gasteiger charge is -2.18. The number of carbonyl (C=O) groups is 3. The van der Waals surface area contributed by atoms with E-state index in [1.165, 1.54) is 116 Å². The van der Waals surface area contributed by atoms with Gasteiger partial charge in [-0.05, 0) is 96.3 Å². The van der Waals surface area contributed by atoms with Gasteiger partial charge in [-0.15, -0.1) is 0 Å². The summed E-state index contributed by atoms with van der Waals surface area (Å²) < 4.78 is 16.8. The van der Waals surface area contributed by atoms with Crippen LogP contribution in [0.15, 0.2) is 85.1 Å². The summed E-state index contributed by atoms with van der Waals surface area (Å²) >= 11 is 0. The van der Waals surface area contributed by atoms with E-state index in [1.54, 1.807) is 0 Å². The van der Waals surface area contributed by atoms with E-state index in [0.29, 0.717) is 12.8 Å². The van der Waals surface area contributed by atoms with Crippen LogP contribution in [0.4, 0.5) is 0 Å². The molecule has 0 bridgehead atoms. The zero-order chi connectivity index (χ0) is 48.6. The van der Waals surface area contributed by atoms with Crippen LogP contribution in [0.2, 0.25) is 0 Å². The van der Waals surface area contributed by atoms with Crippen molar-refractivity contribution in [1.29, 1.82) is 0 Å². The number of ether oxygens (including phenoxy) is 3. The Balaban J connectivity index is 4.45. The van der Waals surface area contributed by atoms with Crippen molar-refractivity contribution in [3.8, 4) is 0 Å². The Bertz CT molecular complexity index is 1300. The SMILES string of the molecule is CC/C=C\C/C=C\C/C=C\C/C=C\C/C=C\CCCCCC(=O)O[C@H](COC(=O)CCCCCCCCC/C=C\C/C=C\CCCCC)COC(=O)CCCCCCCCCCCCCCC. The van der Waals surface area contributed by atoms with E-state index in [-0.39, 0.29) is 37.5 Å². The predicted octanol–water partition coefficient (Wildman–Crippen LogP) is 18.8. The fourth-order valence-electron chi connectivity index (χ4n) is 7.68. The molecule has 384 valence electrons. The summed E-state index contributed by atoms with van der Waals surface area (Å²) in [6, 6.07) is 0. The maximum atomic E-state index is 12.8. The number of unbranched alkanes of at least 4 members (excludes halogenated alkanes) is 25. The summed E-state index contributed by atoms with van der Waals surface area (Å²) in [5, 5.41) is 0. The molecule has 0 aromatic heterocycles. The zero-order valence-electron chi connectivity index (χ0n) is 43.9. The fraction of sp³-hybridized carbons (Fsp3) is 0.721. The third kappa shape index (κ3) is 53.4. The second kappa shape index (κ2) is 55.2. The highest BCUT2D eigenvalue weighted by atomic mass is 16.6. The van der Waals surface area contributed by atoms with Crippen LogP contribution in [0.25, 0.3) is 0 Å². The van der Waals surface area contributed by atoms with Crippen molar-refractivity contribution in [2.75, 3.05) is 13.2 Å². The minimum atomic E-state index is -0.796. The van der Waals surface area contributed by atoms with Gasteiger partial charge in [0.1, 0.15) is 13.2 Å². The van der Waals surface area contributed by atoms with E-state index in [2.05, 4.69) is 106 Å². The van der Waals surface area contributed by atoms with Gasteiger partial charge >= 0.3 is 17.9 Å². The molecule has 0 N–H and O–H groups in total. The average molecular weight is 933 g/mol. The Morgan fingerprint density at radius 3 is 0.955 bits per heavy atom. The maximum absolute atomic E-state index is 12.8. The maximum Gasteiger partial charge on any atom is 0.306 e. The van der Waals surface area contributed by atoms with Crippen molar-refractivity contribution in [3.05, 3.63) is 85.1 Å². The van der Waals surface area contributed by atoms with Crippen molar-refractivity contribution >= 4 is 17.9 Å². The summed E-state index contributed by atoms with van der Waals surface area (Å²) in [7, 11) is 0. The lowest BCUT2D eigenvalue weighted by molar-refractivity contribution is -0.167. The lowest BCUT2D eigenvalue weighted by atomic mass is 10.0. The predicted molar refractivity (Wildman–Crippen MR) is 288 cm³/mol. The van der Waals surface area contributed by atoms with Crippen LogP contribution < -0.4 is 0 Å². The molecule has 0 amide bonds. The van der Waals surface area contributed by atoms with Crippen LogP contribution in [-0.4, -0.2) is 37.2 Å². The molecule has 0 heterocycles. The Morgan fingerprint density at radius 1 is 0.313 bits per heavy atom. The van der Waals surface area contributed by atoms with Crippen molar-refractivity contribution in [3.63, 3.8) is 0 Å². The number of allylic oxidation sites excluding steroid dienone is 14. The Morgan fingerprint density at radius 2 is 0.582 bits per heavy atom. The van der Waals surface area contributed by atoms with Crippen molar-refractivity contribution in [2.45, 2.75) is 271 Å². The number of carbonyl (C=O) groups excluding carboxylic acids is 3. The fourth-order valence-corrected chi connectivity index (χ4v) is 7.68. The van der Waals surface area contributed by atoms with Crippen molar-refractivity contribution < 1.29 is 28.6 Å². The van der Waals surface area contributed by atoms with Crippen LogP contribution in [0.5, 0.6) is 0 Å². The summed E-state index contributed by atoms with van der Waals surface area (Å²) in [6.45, 7) is 6.48. The zero-order valence-corrected chi connectivity index (χ0v) is 43.9. The average Bonchev–Trinajstić information content (AvgIpc) is 3.33. The van der Waals surface area contributed by atoms with Gasteiger partial charge < -0.3 is 14.2 Å². The molecule has 0 radical (unpaired) electrons. The lowest BCUT2D eigenvalue weighted by Crippen LogP contribution is -2.30. The highest BCUT2D eigenvalue weighted by molar-refractivity contribution is 5.71.